The summed E-state index contributed by atoms with van der Waals surface area (Å²) in [6, 6.07) is 17.1. The molecular weight excluding hydrogens is 675 g/mol. The second kappa shape index (κ2) is 12.3. The number of benzene rings is 3. The Bertz CT molecular complexity index is 1860. The number of aromatic nitrogens is 1. The van der Waals surface area contributed by atoms with Crippen LogP contribution in [0, 0.1) is 12.7 Å². The first-order chi connectivity index (χ1) is 19.7. The first kappa shape index (κ1) is 29.2. The van der Waals surface area contributed by atoms with E-state index in [9.17, 15) is 14.0 Å². The van der Waals surface area contributed by atoms with Crippen molar-refractivity contribution in [3.63, 3.8) is 0 Å². The maximum Gasteiger partial charge on any atom is 0.338 e. The Morgan fingerprint density at radius 3 is 2.56 bits per heavy atom. The van der Waals surface area contributed by atoms with Crippen LogP contribution in [-0.4, -0.2) is 17.1 Å². The topological polar surface area (TPSA) is 69.9 Å². The quantitative estimate of drug-likeness (QED) is 0.211. The standard InChI is InChI=1S/C31H25Br2FN2O4S/c1-4-39-30(38)26-18(3)35-31-36(27(26)19-11-9-17(2)10-12-19)29(37)25(41-31)14-21-13-22(32)15-23(33)28(21)40-16-20-7-5-6-8-24(20)34/h5-15,27H,4,16H2,1-3H3/b25-14-/t27-/m1/s1. The van der Waals surface area contributed by atoms with E-state index >= 15 is 0 Å². The van der Waals surface area contributed by atoms with E-state index in [1.807, 2.05) is 43.3 Å². The van der Waals surface area contributed by atoms with Crippen molar-refractivity contribution in [2.45, 2.75) is 33.4 Å². The highest BCUT2D eigenvalue weighted by atomic mass is 79.9. The molecule has 0 aliphatic carbocycles. The molecular formula is C31H25Br2FN2O4S. The number of carbonyl (C=O) groups excluding carboxylic acids is 1. The van der Waals surface area contributed by atoms with Crippen molar-refractivity contribution < 1.29 is 18.7 Å². The summed E-state index contributed by atoms with van der Waals surface area (Å²) in [5.74, 6) is -0.409. The lowest BCUT2D eigenvalue weighted by Crippen LogP contribution is -2.39. The summed E-state index contributed by atoms with van der Waals surface area (Å²) < 4.78 is 29.0. The second-order valence-corrected chi connectivity index (χ2v) is 12.2. The van der Waals surface area contributed by atoms with Gasteiger partial charge in [0.25, 0.3) is 5.56 Å². The molecule has 0 radical (unpaired) electrons. The molecule has 1 aliphatic rings. The van der Waals surface area contributed by atoms with Crippen LogP contribution in [-0.2, 0) is 16.1 Å². The summed E-state index contributed by atoms with van der Waals surface area (Å²) in [7, 11) is 0. The molecule has 0 saturated carbocycles. The summed E-state index contributed by atoms with van der Waals surface area (Å²) in [4.78, 5) is 32.2. The van der Waals surface area contributed by atoms with Crippen LogP contribution in [0.25, 0.3) is 6.08 Å². The smallest absolute Gasteiger partial charge is 0.338 e. The molecule has 41 heavy (non-hydrogen) atoms. The molecule has 1 aromatic heterocycles. The van der Waals surface area contributed by atoms with Crippen molar-refractivity contribution in [3.8, 4) is 5.75 Å². The van der Waals surface area contributed by atoms with E-state index in [4.69, 9.17) is 9.47 Å². The van der Waals surface area contributed by atoms with Gasteiger partial charge in [0, 0.05) is 15.6 Å². The van der Waals surface area contributed by atoms with Gasteiger partial charge in [-0.15, -0.1) is 0 Å². The molecule has 6 nitrogen and oxygen atoms in total. The number of rotatable bonds is 7. The van der Waals surface area contributed by atoms with Crippen molar-refractivity contribution in [2.75, 3.05) is 6.61 Å². The predicted octanol–water partition coefficient (Wildman–Crippen LogP) is 6.35. The predicted molar refractivity (Wildman–Crippen MR) is 164 cm³/mol. The van der Waals surface area contributed by atoms with Crippen molar-refractivity contribution in [3.05, 3.63) is 129 Å². The Morgan fingerprint density at radius 2 is 1.85 bits per heavy atom. The number of hydrogen-bond donors (Lipinski definition) is 0. The van der Waals surface area contributed by atoms with Gasteiger partial charge < -0.3 is 9.47 Å². The Morgan fingerprint density at radius 1 is 1.12 bits per heavy atom. The number of hydrogen-bond acceptors (Lipinski definition) is 6. The highest BCUT2D eigenvalue weighted by molar-refractivity contribution is 9.11. The fraction of sp³-hybridized carbons (Fsp3) is 0.194. The third-order valence-corrected chi connectivity index (χ3v) is 8.59. The number of esters is 1. The summed E-state index contributed by atoms with van der Waals surface area (Å²) in [6.07, 6.45) is 1.73. The second-order valence-electron chi connectivity index (χ2n) is 9.40. The van der Waals surface area contributed by atoms with Gasteiger partial charge in [0.15, 0.2) is 4.80 Å². The molecule has 0 amide bonds. The number of allylic oxidation sites excluding steroid dienone is 1. The fourth-order valence-electron chi connectivity index (χ4n) is 4.60. The van der Waals surface area contributed by atoms with E-state index in [0.29, 0.717) is 42.0 Å². The Kier molecular flexibility index (Phi) is 8.72. The van der Waals surface area contributed by atoms with Crippen molar-refractivity contribution >= 4 is 55.2 Å². The van der Waals surface area contributed by atoms with Crippen LogP contribution in [0.2, 0.25) is 0 Å². The highest BCUT2D eigenvalue weighted by Gasteiger charge is 2.33. The molecule has 0 N–H and O–H groups in total. The third kappa shape index (κ3) is 6.00. The molecule has 0 fully saturated rings. The average molecular weight is 700 g/mol. The largest absolute Gasteiger partial charge is 0.487 e. The first-order valence-electron chi connectivity index (χ1n) is 12.8. The minimum absolute atomic E-state index is 0.00448. The van der Waals surface area contributed by atoms with Crippen LogP contribution in [0.5, 0.6) is 5.75 Å². The van der Waals surface area contributed by atoms with Gasteiger partial charge in [-0.25, -0.2) is 14.2 Å². The zero-order chi connectivity index (χ0) is 29.3. The molecule has 1 aliphatic heterocycles. The molecule has 0 unspecified atom stereocenters. The molecule has 0 saturated heterocycles. The lowest BCUT2D eigenvalue weighted by Gasteiger charge is -2.24. The molecule has 0 spiro atoms. The Balaban J connectivity index is 1.65. The van der Waals surface area contributed by atoms with E-state index in [0.717, 1.165) is 15.6 Å². The van der Waals surface area contributed by atoms with Crippen LogP contribution >= 0.6 is 43.2 Å². The Labute approximate surface area is 256 Å². The number of aryl methyl sites for hydroxylation is 1. The molecule has 4 aromatic rings. The van der Waals surface area contributed by atoms with Gasteiger partial charge in [-0.1, -0.05) is 75.3 Å². The zero-order valence-electron chi connectivity index (χ0n) is 22.4. The lowest BCUT2D eigenvalue weighted by molar-refractivity contribution is -0.139. The minimum atomic E-state index is -0.695. The molecule has 2 heterocycles. The summed E-state index contributed by atoms with van der Waals surface area (Å²) in [5, 5.41) is 0. The molecule has 5 rings (SSSR count). The number of nitrogens with zero attached hydrogens (tertiary/aromatic N) is 2. The maximum atomic E-state index is 14.3. The van der Waals surface area contributed by atoms with Gasteiger partial charge in [0.05, 0.1) is 32.9 Å². The van der Waals surface area contributed by atoms with Crippen LogP contribution < -0.4 is 19.6 Å². The van der Waals surface area contributed by atoms with Gasteiger partial charge in [0.2, 0.25) is 0 Å². The highest BCUT2D eigenvalue weighted by Crippen LogP contribution is 2.35. The van der Waals surface area contributed by atoms with Crippen LogP contribution in [0.15, 0.2) is 90.7 Å². The van der Waals surface area contributed by atoms with E-state index in [-0.39, 0.29) is 24.6 Å². The van der Waals surface area contributed by atoms with Crippen molar-refractivity contribution in [2.24, 2.45) is 4.99 Å². The summed E-state index contributed by atoms with van der Waals surface area (Å²) in [5.41, 5.74) is 3.38. The SMILES string of the molecule is CCOC(=O)C1=C(C)N=c2s/c(=C\c3cc(Br)cc(Br)c3OCc3ccccc3F)c(=O)n2[C@@H]1c1ccc(C)cc1. The minimum Gasteiger partial charge on any atom is -0.487 e. The van der Waals surface area contributed by atoms with Crippen molar-refractivity contribution in [1.29, 1.82) is 0 Å². The maximum absolute atomic E-state index is 14.3. The van der Waals surface area contributed by atoms with Gasteiger partial charge in [0.1, 0.15) is 18.2 Å². The van der Waals surface area contributed by atoms with Crippen LogP contribution in [0.3, 0.4) is 0 Å². The van der Waals surface area contributed by atoms with E-state index in [1.165, 1.54) is 17.4 Å². The van der Waals surface area contributed by atoms with Gasteiger partial charge in [-0.2, -0.15) is 0 Å². The number of halogens is 3. The molecule has 210 valence electrons. The van der Waals surface area contributed by atoms with Crippen LogP contribution in [0.1, 0.15) is 42.1 Å². The van der Waals surface area contributed by atoms with Crippen LogP contribution in [0.4, 0.5) is 4.39 Å². The van der Waals surface area contributed by atoms with E-state index < -0.39 is 12.0 Å². The molecule has 1 atom stereocenters. The zero-order valence-corrected chi connectivity index (χ0v) is 26.4. The molecule has 3 aromatic carbocycles. The number of carbonyl (C=O) groups is 1. The normalized spacial score (nSPS) is 15.0. The number of ether oxygens (including phenoxy) is 2. The van der Waals surface area contributed by atoms with E-state index in [2.05, 4.69) is 36.9 Å². The summed E-state index contributed by atoms with van der Waals surface area (Å²) >= 11 is 8.28. The molecule has 0 bridgehead atoms. The number of thiazole rings is 1. The van der Waals surface area contributed by atoms with Gasteiger partial charge in [-0.05, 0) is 66.5 Å². The monoisotopic (exact) mass is 698 g/mol. The number of fused-ring (bicyclic) bond motifs is 1. The van der Waals surface area contributed by atoms with Gasteiger partial charge in [-0.3, -0.25) is 9.36 Å². The van der Waals surface area contributed by atoms with E-state index in [1.54, 1.807) is 42.7 Å². The average Bonchev–Trinajstić information content (AvgIpc) is 3.23. The van der Waals surface area contributed by atoms with Crippen molar-refractivity contribution in [1.82, 2.24) is 4.57 Å². The fourth-order valence-corrected chi connectivity index (χ4v) is 7.01. The first-order valence-corrected chi connectivity index (χ1v) is 15.2. The third-order valence-electron chi connectivity index (χ3n) is 6.56. The lowest BCUT2D eigenvalue weighted by atomic mass is 9.95. The summed E-state index contributed by atoms with van der Waals surface area (Å²) in [6.45, 7) is 5.68. The van der Waals surface area contributed by atoms with Gasteiger partial charge >= 0.3 is 5.97 Å². The Hall–Kier alpha value is -3.34. The molecule has 10 heteroatoms.